The maximum Gasteiger partial charge on any atom is 0.0468 e. The molecule has 1 rings (SSSR count). The number of hydrogen-bond acceptors (Lipinski definition) is 2. The monoisotopic (exact) mass is 241 g/mol. The highest BCUT2D eigenvalue weighted by atomic mass is 16.5. The summed E-state index contributed by atoms with van der Waals surface area (Å²) in [6.07, 6.45) is 9.13. The zero-order chi connectivity index (χ0) is 12.6. The van der Waals surface area contributed by atoms with Gasteiger partial charge in [0.2, 0.25) is 0 Å². The maximum absolute atomic E-state index is 5.39. The second-order valence-electron chi connectivity index (χ2n) is 5.75. The molecule has 0 unspecified atom stereocenters. The van der Waals surface area contributed by atoms with Crippen molar-refractivity contribution in [1.29, 1.82) is 0 Å². The van der Waals surface area contributed by atoms with Gasteiger partial charge < -0.3 is 10.1 Å². The average Bonchev–Trinajstić information content (AvgIpc) is 2.39. The van der Waals surface area contributed by atoms with E-state index in [1.807, 2.05) is 0 Å². The molecule has 0 saturated carbocycles. The third kappa shape index (κ3) is 5.87. The van der Waals surface area contributed by atoms with Crippen LogP contribution in [0.15, 0.2) is 0 Å². The van der Waals surface area contributed by atoms with Gasteiger partial charge in [0.1, 0.15) is 0 Å². The van der Waals surface area contributed by atoms with Crippen LogP contribution >= 0.6 is 0 Å². The number of ether oxygens (including phenoxy) is 1. The van der Waals surface area contributed by atoms with Crippen molar-refractivity contribution >= 4 is 0 Å². The first-order valence-corrected chi connectivity index (χ1v) is 7.53. The summed E-state index contributed by atoms with van der Waals surface area (Å²) in [5, 5.41) is 3.71. The SMILES string of the molecule is CCC(C)(CC)NCCCCC1CCOCC1. The minimum absolute atomic E-state index is 0.360. The van der Waals surface area contributed by atoms with E-state index in [-0.39, 0.29) is 0 Å². The standard InChI is InChI=1S/C15H31NO/c1-4-15(3,5-2)16-11-7-6-8-14-9-12-17-13-10-14/h14,16H,4-13H2,1-3H3. The first-order valence-electron chi connectivity index (χ1n) is 7.53. The second kappa shape index (κ2) is 8.10. The number of hydrogen-bond donors (Lipinski definition) is 1. The Balaban J connectivity index is 2.00. The van der Waals surface area contributed by atoms with Gasteiger partial charge in [-0.25, -0.2) is 0 Å². The molecular formula is C15H31NO. The van der Waals surface area contributed by atoms with Crippen LogP contribution in [-0.4, -0.2) is 25.3 Å². The van der Waals surface area contributed by atoms with Gasteiger partial charge in [-0.3, -0.25) is 0 Å². The normalized spacial score (nSPS) is 18.5. The highest BCUT2D eigenvalue weighted by Gasteiger charge is 2.18. The molecule has 0 bridgehead atoms. The summed E-state index contributed by atoms with van der Waals surface area (Å²) >= 11 is 0. The van der Waals surface area contributed by atoms with Crippen LogP contribution in [0.4, 0.5) is 0 Å². The molecule has 1 aliphatic rings. The fraction of sp³-hybridized carbons (Fsp3) is 1.00. The van der Waals surface area contributed by atoms with Gasteiger partial charge in [0.25, 0.3) is 0 Å². The van der Waals surface area contributed by atoms with Gasteiger partial charge in [-0.15, -0.1) is 0 Å². The summed E-state index contributed by atoms with van der Waals surface area (Å²) < 4.78 is 5.39. The van der Waals surface area contributed by atoms with Crippen molar-refractivity contribution in [2.24, 2.45) is 5.92 Å². The Morgan fingerprint density at radius 2 is 1.76 bits per heavy atom. The zero-order valence-corrected chi connectivity index (χ0v) is 12.1. The van der Waals surface area contributed by atoms with E-state index in [4.69, 9.17) is 4.74 Å². The van der Waals surface area contributed by atoms with Crippen LogP contribution < -0.4 is 5.32 Å². The molecule has 0 atom stereocenters. The Morgan fingerprint density at radius 1 is 1.12 bits per heavy atom. The summed E-state index contributed by atoms with van der Waals surface area (Å²) in [6, 6.07) is 0. The molecule has 0 aromatic heterocycles. The Hall–Kier alpha value is -0.0800. The van der Waals surface area contributed by atoms with Crippen LogP contribution in [0.5, 0.6) is 0 Å². The molecular weight excluding hydrogens is 210 g/mol. The van der Waals surface area contributed by atoms with Gasteiger partial charge in [0.15, 0.2) is 0 Å². The Bertz CT molecular complexity index is 183. The molecule has 0 aliphatic carbocycles. The topological polar surface area (TPSA) is 21.3 Å². The summed E-state index contributed by atoms with van der Waals surface area (Å²) in [4.78, 5) is 0. The van der Waals surface area contributed by atoms with Crippen molar-refractivity contribution in [2.75, 3.05) is 19.8 Å². The van der Waals surface area contributed by atoms with Crippen molar-refractivity contribution in [3.8, 4) is 0 Å². The maximum atomic E-state index is 5.39. The molecule has 1 heterocycles. The number of nitrogens with one attached hydrogen (secondary N) is 1. The highest BCUT2D eigenvalue weighted by molar-refractivity contribution is 4.79. The second-order valence-corrected chi connectivity index (χ2v) is 5.75. The molecule has 17 heavy (non-hydrogen) atoms. The largest absolute Gasteiger partial charge is 0.381 e. The molecule has 1 aliphatic heterocycles. The van der Waals surface area contributed by atoms with Crippen molar-refractivity contribution in [2.45, 2.75) is 71.3 Å². The van der Waals surface area contributed by atoms with Crippen molar-refractivity contribution < 1.29 is 4.74 Å². The lowest BCUT2D eigenvalue weighted by Crippen LogP contribution is -2.41. The summed E-state index contributed by atoms with van der Waals surface area (Å²) in [6.45, 7) is 10.1. The predicted octanol–water partition coefficient (Wildman–Crippen LogP) is 3.75. The average molecular weight is 241 g/mol. The van der Waals surface area contributed by atoms with Gasteiger partial charge in [0, 0.05) is 18.8 Å². The fourth-order valence-corrected chi connectivity index (χ4v) is 2.48. The molecule has 0 aromatic carbocycles. The lowest BCUT2D eigenvalue weighted by molar-refractivity contribution is 0.0631. The van der Waals surface area contributed by atoms with Crippen molar-refractivity contribution in [1.82, 2.24) is 5.32 Å². The fourth-order valence-electron chi connectivity index (χ4n) is 2.48. The Kier molecular flexibility index (Phi) is 7.14. The van der Waals surface area contributed by atoms with Crippen LogP contribution in [0.3, 0.4) is 0 Å². The minimum Gasteiger partial charge on any atom is -0.381 e. The molecule has 0 amide bonds. The zero-order valence-electron chi connectivity index (χ0n) is 12.1. The molecule has 0 radical (unpaired) electrons. The summed E-state index contributed by atoms with van der Waals surface area (Å²) in [5.41, 5.74) is 0.360. The third-order valence-electron chi connectivity index (χ3n) is 4.49. The minimum atomic E-state index is 0.360. The molecule has 1 N–H and O–H groups in total. The van der Waals surface area contributed by atoms with Crippen molar-refractivity contribution in [3.05, 3.63) is 0 Å². The Labute approximate surface area is 108 Å². The Morgan fingerprint density at radius 3 is 2.35 bits per heavy atom. The molecule has 1 fully saturated rings. The molecule has 2 nitrogen and oxygen atoms in total. The summed E-state index contributed by atoms with van der Waals surface area (Å²) in [5.74, 6) is 0.937. The molecule has 0 aromatic rings. The summed E-state index contributed by atoms with van der Waals surface area (Å²) in [7, 11) is 0. The van der Waals surface area contributed by atoms with Gasteiger partial charge in [0.05, 0.1) is 0 Å². The van der Waals surface area contributed by atoms with Crippen LogP contribution in [0.2, 0.25) is 0 Å². The molecule has 1 saturated heterocycles. The van der Waals surface area contributed by atoms with E-state index < -0.39 is 0 Å². The lowest BCUT2D eigenvalue weighted by Gasteiger charge is -2.28. The lowest BCUT2D eigenvalue weighted by atomic mass is 9.93. The van der Waals surface area contributed by atoms with Gasteiger partial charge >= 0.3 is 0 Å². The van der Waals surface area contributed by atoms with E-state index in [9.17, 15) is 0 Å². The predicted molar refractivity (Wildman–Crippen MR) is 74.4 cm³/mol. The van der Waals surface area contributed by atoms with Crippen LogP contribution in [0.1, 0.15) is 65.7 Å². The van der Waals surface area contributed by atoms with Gasteiger partial charge in [-0.2, -0.15) is 0 Å². The van der Waals surface area contributed by atoms with E-state index >= 15 is 0 Å². The highest BCUT2D eigenvalue weighted by Crippen LogP contribution is 2.21. The van der Waals surface area contributed by atoms with E-state index in [1.165, 1.54) is 51.5 Å². The van der Waals surface area contributed by atoms with E-state index in [0.717, 1.165) is 19.1 Å². The van der Waals surface area contributed by atoms with Crippen molar-refractivity contribution in [3.63, 3.8) is 0 Å². The van der Waals surface area contributed by atoms with E-state index in [2.05, 4.69) is 26.1 Å². The quantitative estimate of drug-likeness (QED) is 0.653. The molecule has 102 valence electrons. The van der Waals surface area contributed by atoms with E-state index in [0.29, 0.717) is 5.54 Å². The van der Waals surface area contributed by atoms with E-state index in [1.54, 1.807) is 0 Å². The first-order chi connectivity index (χ1) is 8.20. The number of unbranched alkanes of at least 4 members (excludes halogenated alkanes) is 1. The third-order valence-corrected chi connectivity index (χ3v) is 4.49. The first kappa shape index (κ1) is 15.0. The molecule has 0 spiro atoms. The van der Waals surface area contributed by atoms with Gasteiger partial charge in [-0.1, -0.05) is 26.7 Å². The van der Waals surface area contributed by atoms with Gasteiger partial charge in [-0.05, 0) is 51.5 Å². The van der Waals surface area contributed by atoms with Crippen LogP contribution in [0, 0.1) is 5.92 Å². The van der Waals surface area contributed by atoms with Crippen LogP contribution in [-0.2, 0) is 4.74 Å². The van der Waals surface area contributed by atoms with Crippen LogP contribution in [0.25, 0.3) is 0 Å². The molecule has 2 heteroatoms. The smallest absolute Gasteiger partial charge is 0.0468 e. The number of rotatable bonds is 8.